The number of hydrogen-bond donors (Lipinski definition) is 1. The molecule has 2 heterocycles. The van der Waals surface area contributed by atoms with Crippen LogP contribution in [0.5, 0.6) is 0 Å². The zero-order valence-corrected chi connectivity index (χ0v) is 10.2. The molecule has 18 heavy (non-hydrogen) atoms. The fraction of sp³-hybridized carbons (Fsp3) is 0.250. The zero-order chi connectivity index (χ0) is 12.7. The van der Waals surface area contributed by atoms with Gasteiger partial charge in [-0.15, -0.1) is 11.8 Å². The van der Waals surface area contributed by atoms with E-state index in [0.29, 0.717) is 22.8 Å². The van der Waals surface area contributed by atoms with E-state index < -0.39 is 6.04 Å². The van der Waals surface area contributed by atoms with E-state index in [2.05, 4.69) is 5.32 Å². The van der Waals surface area contributed by atoms with Gasteiger partial charge in [0.15, 0.2) is 0 Å². The molecule has 0 bridgehead atoms. The van der Waals surface area contributed by atoms with Crippen LogP contribution in [0.15, 0.2) is 24.3 Å². The number of nitrogens with zero attached hydrogens (tertiary/aromatic N) is 1. The van der Waals surface area contributed by atoms with Crippen LogP contribution in [0, 0.1) is 0 Å². The van der Waals surface area contributed by atoms with E-state index in [-0.39, 0.29) is 17.7 Å². The third-order valence-electron chi connectivity index (χ3n) is 3.06. The Bertz CT molecular complexity index is 523. The Morgan fingerprint density at radius 2 is 1.72 bits per heavy atom. The number of carbonyl (C=O) groups is 3. The maximum Gasteiger partial charge on any atom is 0.262 e. The lowest BCUT2D eigenvalue weighted by Gasteiger charge is -2.28. The summed E-state index contributed by atoms with van der Waals surface area (Å²) < 4.78 is 0. The molecule has 1 fully saturated rings. The van der Waals surface area contributed by atoms with E-state index in [1.54, 1.807) is 24.3 Å². The first-order chi connectivity index (χ1) is 8.70. The average Bonchev–Trinajstić information content (AvgIpc) is 2.64. The van der Waals surface area contributed by atoms with Crippen LogP contribution in [0.4, 0.5) is 0 Å². The molecule has 6 heteroatoms. The summed E-state index contributed by atoms with van der Waals surface area (Å²) in [6.45, 7) is 0. The Morgan fingerprint density at radius 3 is 2.28 bits per heavy atom. The summed E-state index contributed by atoms with van der Waals surface area (Å²) >= 11 is 1.50. The van der Waals surface area contributed by atoms with Gasteiger partial charge in [-0.1, -0.05) is 12.1 Å². The van der Waals surface area contributed by atoms with Gasteiger partial charge in [0.05, 0.1) is 17.0 Å². The van der Waals surface area contributed by atoms with Crippen LogP contribution < -0.4 is 5.32 Å². The lowest BCUT2D eigenvalue weighted by molar-refractivity contribution is -0.124. The highest BCUT2D eigenvalue weighted by Gasteiger charge is 2.43. The second-order valence-electron chi connectivity index (χ2n) is 4.10. The van der Waals surface area contributed by atoms with Crippen LogP contribution in [-0.2, 0) is 4.79 Å². The second-order valence-corrected chi connectivity index (χ2v) is 5.13. The lowest BCUT2D eigenvalue weighted by atomic mass is 10.1. The first-order valence-corrected chi connectivity index (χ1v) is 6.68. The fourth-order valence-corrected chi connectivity index (χ4v) is 3.05. The monoisotopic (exact) mass is 262 g/mol. The van der Waals surface area contributed by atoms with E-state index in [9.17, 15) is 14.4 Å². The summed E-state index contributed by atoms with van der Waals surface area (Å²) in [4.78, 5) is 37.2. The van der Waals surface area contributed by atoms with Crippen molar-refractivity contribution in [3.05, 3.63) is 35.4 Å². The van der Waals surface area contributed by atoms with Crippen molar-refractivity contribution in [3.8, 4) is 0 Å². The molecule has 0 radical (unpaired) electrons. The van der Waals surface area contributed by atoms with Crippen molar-refractivity contribution < 1.29 is 14.4 Å². The van der Waals surface area contributed by atoms with Crippen LogP contribution in [0.25, 0.3) is 0 Å². The zero-order valence-electron chi connectivity index (χ0n) is 9.38. The van der Waals surface area contributed by atoms with Crippen molar-refractivity contribution in [1.82, 2.24) is 10.2 Å². The molecule has 3 rings (SSSR count). The largest absolute Gasteiger partial charge is 0.345 e. The summed E-state index contributed by atoms with van der Waals surface area (Å²) in [5, 5.41) is 2.65. The third-order valence-corrected chi connectivity index (χ3v) is 3.96. The number of rotatable bonds is 1. The Labute approximate surface area is 108 Å². The van der Waals surface area contributed by atoms with Crippen molar-refractivity contribution in [3.63, 3.8) is 0 Å². The molecule has 0 saturated carbocycles. The highest BCUT2D eigenvalue weighted by Crippen LogP contribution is 2.26. The average molecular weight is 262 g/mol. The molecule has 5 nitrogen and oxygen atoms in total. The Morgan fingerprint density at radius 1 is 1.11 bits per heavy atom. The quantitative estimate of drug-likeness (QED) is 0.747. The highest BCUT2D eigenvalue weighted by atomic mass is 32.2. The molecule has 1 aromatic carbocycles. The van der Waals surface area contributed by atoms with E-state index in [4.69, 9.17) is 0 Å². The van der Waals surface area contributed by atoms with Crippen molar-refractivity contribution in [1.29, 1.82) is 0 Å². The Kier molecular flexibility index (Phi) is 2.59. The van der Waals surface area contributed by atoms with Crippen LogP contribution in [0.1, 0.15) is 20.7 Å². The topological polar surface area (TPSA) is 66.5 Å². The van der Waals surface area contributed by atoms with Crippen LogP contribution >= 0.6 is 11.8 Å². The van der Waals surface area contributed by atoms with E-state index in [0.717, 1.165) is 4.90 Å². The van der Waals surface area contributed by atoms with Gasteiger partial charge in [-0.25, -0.2) is 0 Å². The molecular formula is C12H10N2O3S. The van der Waals surface area contributed by atoms with E-state index in [1.807, 2.05) is 0 Å². The van der Waals surface area contributed by atoms with E-state index >= 15 is 0 Å². The predicted molar refractivity (Wildman–Crippen MR) is 66.2 cm³/mol. The normalized spacial score (nSPS) is 23.0. The van der Waals surface area contributed by atoms with Gasteiger partial charge in [0.1, 0.15) is 6.04 Å². The van der Waals surface area contributed by atoms with Gasteiger partial charge < -0.3 is 5.32 Å². The van der Waals surface area contributed by atoms with Gasteiger partial charge >= 0.3 is 0 Å². The van der Waals surface area contributed by atoms with Gasteiger partial charge in [-0.05, 0) is 12.1 Å². The number of amides is 3. The Balaban J connectivity index is 1.99. The van der Waals surface area contributed by atoms with Crippen molar-refractivity contribution >= 4 is 29.5 Å². The maximum atomic E-state index is 12.2. The van der Waals surface area contributed by atoms with Crippen LogP contribution in [0.2, 0.25) is 0 Å². The molecule has 0 aromatic heterocycles. The molecule has 92 valence electrons. The summed E-state index contributed by atoms with van der Waals surface area (Å²) in [5.74, 6) is -0.0322. The second kappa shape index (κ2) is 4.13. The number of benzene rings is 1. The van der Waals surface area contributed by atoms with Gasteiger partial charge in [0.25, 0.3) is 11.8 Å². The molecule has 2 aliphatic heterocycles. The molecule has 1 saturated heterocycles. The van der Waals surface area contributed by atoms with Gasteiger partial charge in [-0.2, -0.15) is 0 Å². The van der Waals surface area contributed by atoms with Crippen molar-refractivity contribution in [2.75, 3.05) is 11.6 Å². The lowest BCUT2D eigenvalue weighted by Crippen LogP contribution is -2.53. The summed E-state index contributed by atoms with van der Waals surface area (Å²) in [6.07, 6.45) is 0. The van der Waals surface area contributed by atoms with Crippen LogP contribution in [-0.4, -0.2) is 40.3 Å². The number of nitrogens with one attached hydrogen (secondary N) is 1. The minimum Gasteiger partial charge on any atom is -0.345 e. The first kappa shape index (κ1) is 11.3. The Hall–Kier alpha value is -1.82. The van der Waals surface area contributed by atoms with E-state index in [1.165, 1.54) is 11.8 Å². The van der Waals surface area contributed by atoms with Gasteiger partial charge in [0.2, 0.25) is 5.91 Å². The van der Waals surface area contributed by atoms with Gasteiger partial charge in [0, 0.05) is 5.75 Å². The molecule has 0 spiro atoms. The molecule has 1 atom stereocenters. The highest BCUT2D eigenvalue weighted by molar-refractivity contribution is 7.99. The molecule has 3 amide bonds. The minimum atomic E-state index is -0.698. The van der Waals surface area contributed by atoms with Crippen molar-refractivity contribution in [2.24, 2.45) is 0 Å². The maximum absolute atomic E-state index is 12.2. The summed E-state index contributed by atoms with van der Waals surface area (Å²) in [6, 6.07) is 5.95. The number of fused-ring (bicyclic) bond motifs is 1. The van der Waals surface area contributed by atoms with Gasteiger partial charge in [-0.3, -0.25) is 19.3 Å². The molecular weight excluding hydrogens is 252 g/mol. The SMILES string of the molecule is O=C1NCSCC1N1C(=O)c2ccccc2C1=O. The molecule has 1 aromatic rings. The van der Waals surface area contributed by atoms with Crippen LogP contribution in [0.3, 0.4) is 0 Å². The first-order valence-electron chi connectivity index (χ1n) is 5.52. The fourth-order valence-electron chi connectivity index (χ4n) is 2.17. The minimum absolute atomic E-state index is 0.261. The number of imide groups is 1. The van der Waals surface area contributed by atoms with Crippen molar-refractivity contribution in [2.45, 2.75) is 6.04 Å². The molecule has 1 N–H and O–H groups in total. The summed E-state index contributed by atoms with van der Waals surface area (Å²) in [7, 11) is 0. The summed E-state index contributed by atoms with van der Waals surface area (Å²) in [5.41, 5.74) is 0.761. The predicted octanol–water partition coefficient (Wildman–Crippen LogP) is 0.472. The molecule has 1 unspecified atom stereocenters. The number of carbonyl (C=O) groups excluding carboxylic acids is 3. The number of hydrogen-bond acceptors (Lipinski definition) is 4. The smallest absolute Gasteiger partial charge is 0.262 e. The standard InChI is InChI=1S/C12H10N2O3S/c15-10-9(5-18-6-13-10)14-11(16)7-3-1-2-4-8(7)12(14)17/h1-4,9H,5-6H2,(H,13,15). The number of thioether (sulfide) groups is 1. The third kappa shape index (κ3) is 1.53. The molecule has 2 aliphatic rings. The molecule has 0 aliphatic carbocycles.